The van der Waals surface area contributed by atoms with Gasteiger partial charge in [-0.1, -0.05) is 26.2 Å². The van der Waals surface area contributed by atoms with E-state index in [-0.39, 0.29) is 24.7 Å². The predicted octanol–water partition coefficient (Wildman–Crippen LogP) is 2.21. The maximum Gasteiger partial charge on any atom is 0.323 e. The van der Waals surface area contributed by atoms with Crippen molar-refractivity contribution < 1.29 is 14.7 Å². The molecule has 2 aliphatic rings. The van der Waals surface area contributed by atoms with Crippen molar-refractivity contribution >= 4 is 12.0 Å². The first-order chi connectivity index (χ1) is 9.11. The van der Waals surface area contributed by atoms with Gasteiger partial charge in [-0.3, -0.25) is 4.79 Å². The molecule has 0 aromatic carbocycles. The van der Waals surface area contributed by atoms with Crippen molar-refractivity contribution in [1.29, 1.82) is 0 Å². The largest absolute Gasteiger partial charge is 0.480 e. The second kappa shape index (κ2) is 6.26. The summed E-state index contributed by atoms with van der Waals surface area (Å²) in [5, 5.41) is 12.0. The smallest absolute Gasteiger partial charge is 0.323 e. The monoisotopic (exact) mass is 268 g/mol. The zero-order valence-electron chi connectivity index (χ0n) is 11.6. The fourth-order valence-electron chi connectivity index (χ4n) is 3.03. The first-order valence-corrected chi connectivity index (χ1v) is 7.40. The van der Waals surface area contributed by atoms with E-state index in [9.17, 15) is 9.59 Å². The highest BCUT2D eigenvalue weighted by Gasteiger charge is 2.35. The van der Waals surface area contributed by atoms with Crippen molar-refractivity contribution in [1.82, 2.24) is 10.2 Å². The summed E-state index contributed by atoms with van der Waals surface area (Å²) in [5.41, 5.74) is 0. The maximum atomic E-state index is 12.2. The van der Waals surface area contributed by atoms with E-state index in [1.807, 2.05) is 0 Å². The molecule has 2 N–H and O–H groups in total. The third-order valence-corrected chi connectivity index (χ3v) is 4.30. The molecule has 2 fully saturated rings. The predicted molar refractivity (Wildman–Crippen MR) is 71.9 cm³/mol. The minimum atomic E-state index is -0.933. The Morgan fingerprint density at radius 1 is 1.21 bits per heavy atom. The van der Waals surface area contributed by atoms with Crippen LogP contribution in [0.25, 0.3) is 0 Å². The van der Waals surface area contributed by atoms with Crippen LogP contribution in [0.1, 0.15) is 51.9 Å². The number of aliphatic carboxylic acids is 1. The summed E-state index contributed by atoms with van der Waals surface area (Å²) >= 11 is 0. The minimum absolute atomic E-state index is 0.139. The Kier molecular flexibility index (Phi) is 4.66. The number of carbonyl (C=O) groups excluding carboxylic acids is 1. The Morgan fingerprint density at radius 3 is 2.47 bits per heavy atom. The number of nitrogens with zero attached hydrogens (tertiary/aromatic N) is 1. The average Bonchev–Trinajstić information content (AvgIpc) is 3.20. The molecular weight excluding hydrogens is 244 g/mol. The van der Waals surface area contributed by atoms with Gasteiger partial charge in [0.2, 0.25) is 0 Å². The van der Waals surface area contributed by atoms with E-state index in [1.165, 1.54) is 17.7 Å². The minimum Gasteiger partial charge on any atom is -0.480 e. The topological polar surface area (TPSA) is 69.6 Å². The molecule has 2 aliphatic carbocycles. The molecule has 2 amide bonds. The van der Waals surface area contributed by atoms with E-state index in [2.05, 4.69) is 12.2 Å². The Hall–Kier alpha value is -1.26. The molecule has 0 aliphatic heterocycles. The number of rotatable bonds is 5. The highest BCUT2D eigenvalue weighted by Crippen LogP contribution is 2.29. The molecule has 0 heterocycles. The standard InChI is InChI=1S/C14H24N2O3/c1-2-10-5-3-4-6-12(10)15-14(19)16(9-13(17)18)11-7-8-11/h10-12H,2-9H2,1H3,(H,15,19)(H,17,18). The van der Waals surface area contributed by atoms with E-state index in [4.69, 9.17) is 5.11 Å². The van der Waals surface area contributed by atoms with Gasteiger partial charge >= 0.3 is 12.0 Å². The summed E-state index contributed by atoms with van der Waals surface area (Å²) in [6, 6.07) is 0.177. The summed E-state index contributed by atoms with van der Waals surface area (Å²) in [4.78, 5) is 24.6. The first-order valence-electron chi connectivity index (χ1n) is 7.40. The third kappa shape index (κ3) is 3.85. The summed E-state index contributed by atoms with van der Waals surface area (Å²) in [6.07, 6.45) is 7.54. The summed E-state index contributed by atoms with van der Waals surface area (Å²) in [6.45, 7) is 1.98. The van der Waals surface area contributed by atoms with Gasteiger partial charge in [-0.2, -0.15) is 0 Å². The molecule has 0 spiro atoms. The van der Waals surface area contributed by atoms with Crippen LogP contribution in [0.4, 0.5) is 4.79 Å². The lowest BCUT2D eigenvalue weighted by atomic mass is 9.83. The number of nitrogens with one attached hydrogen (secondary N) is 1. The third-order valence-electron chi connectivity index (χ3n) is 4.30. The van der Waals surface area contributed by atoms with Crippen molar-refractivity contribution in [3.8, 4) is 0 Å². The van der Waals surface area contributed by atoms with Crippen LogP contribution in [0.15, 0.2) is 0 Å². The first kappa shape index (κ1) is 14.2. The molecule has 19 heavy (non-hydrogen) atoms. The lowest BCUT2D eigenvalue weighted by molar-refractivity contribution is -0.137. The second-order valence-corrected chi connectivity index (χ2v) is 5.76. The summed E-state index contributed by atoms with van der Waals surface area (Å²) < 4.78 is 0. The molecule has 2 saturated carbocycles. The zero-order valence-corrected chi connectivity index (χ0v) is 11.6. The van der Waals surface area contributed by atoms with E-state index >= 15 is 0 Å². The Labute approximate surface area is 114 Å². The van der Waals surface area contributed by atoms with Crippen LogP contribution in [0.2, 0.25) is 0 Å². The molecule has 0 radical (unpaired) electrons. The van der Waals surface area contributed by atoms with Gasteiger partial charge in [-0.25, -0.2) is 4.79 Å². The van der Waals surface area contributed by atoms with Gasteiger partial charge in [0.25, 0.3) is 0 Å². The van der Waals surface area contributed by atoms with Gasteiger partial charge in [-0.05, 0) is 31.6 Å². The van der Waals surface area contributed by atoms with E-state index in [1.54, 1.807) is 0 Å². The van der Waals surface area contributed by atoms with Gasteiger partial charge in [0, 0.05) is 12.1 Å². The Bertz CT molecular complexity index is 342. The van der Waals surface area contributed by atoms with Crippen molar-refractivity contribution in [3.63, 3.8) is 0 Å². The average molecular weight is 268 g/mol. The number of carboxylic acids is 1. The molecule has 0 saturated heterocycles. The number of hydrogen-bond donors (Lipinski definition) is 2. The van der Waals surface area contributed by atoms with Crippen LogP contribution >= 0.6 is 0 Å². The molecule has 0 bridgehead atoms. The van der Waals surface area contributed by atoms with Crippen LogP contribution in [0.5, 0.6) is 0 Å². The number of carboxylic acid groups (broad SMARTS) is 1. The molecule has 0 aromatic rings. The molecular formula is C14H24N2O3. The molecule has 2 rings (SSSR count). The Morgan fingerprint density at radius 2 is 1.89 bits per heavy atom. The number of hydrogen-bond acceptors (Lipinski definition) is 2. The van der Waals surface area contributed by atoms with Gasteiger partial charge in [0.15, 0.2) is 0 Å². The molecule has 0 aromatic heterocycles. The van der Waals surface area contributed by atoms with Crippen molar-refractivity contribution in [2.75, 3.05) is 6.54 Å². The SMILES string of the molecule is CCC1CCCCC1NC(=O)N(CC(=O)O)C1CC1. The van der Waals surface area contributed by atoms with Gasteiger partial charge in [0.05, 0.1) is 0 Å². The maximum absolute atomic E-state index is 12.2. The number of urea groups is 1. The second-order valence-electron chi connectivity index (χ2n) is 5.76. The van der Waals surface area contributed by atoms with Crippen LogP contribution in [0, 0.1) is 5.92 Å². The van der Waals surface area contributed by atoms with Crippen LogP contribution in [0.3, 0.4) is 0 Å². The van der Waals surface area contributed by atoms with Crippen LogP contribution < -0.4 is 5.32 Å². The Balaban J connectivity index is 1.91. The molecule has 2 atom stereocenters. The van der Waals surface area contributed by atoms with E-state index < -0.39 is 5.97 Å². The molecule has 2 unspecified atom stereocenters. The molecule has 5 nitrogen and oxygen atoms in total. The fraction of sp³-hybridized carbons (Fsp3) is 0.857. The fourth-order valence-corrected chi connectivity index (χ4v) is 3.03. The van der Waals surface area contributed by atoms with E-state index in [0.29, 0.717) is 5.92 Å². The highest BCUT2D eigenvalue weighted by atomic mass is 16.4. The lowest BCUT2D eigenvalue weighted by Crippen LogP contribution is -2.50. The lowest BCUT2D eigenvalue weighted by Gasteiger charge is -2.33. The molecule has 5 heteroatoms. The summed E-state index contributed by atoms with van der Waals surface area (Å²) in [5.74, 6) is -0.388. The summed E-state index contributed by atoms with van der Waals surface area (Å²) in [7, 11) is 0. The van der Waals surface area contributed by atoms with Gasteiger partial charge in [0.1, 0.15) is 6.54 Å². The van der Waals surface area contributed by atoms with Crippen molar-refractivity contribution in [3.05, 3.63) is 0 Å². The zero-order chi connectivity index (χ0) is 13.8. The van der Waals surface area contributed by atoms with Gasteiger partial charge < -0.3 is 15.3 Å². The van der Waals surface area contributed by atoms with Crippen LogP contribution in [-0.4, -0.2) is 40.6 Å². The number of amides is 2. The normalized spacial score (nSPS) is 26.8. The van der Waals surface area contributed by atoms with Crippen molar-refractivity contribution in [2.45, 2.75) is 64.0 Å². The quantitative estimate of drug-likeness (QED) is 0.803. The van der Waals surface area contributed by atoms with E-state index in [0.717, 1.165) is 32.1 Å². The van der Waals surface area contributed by atoms with Crippen LogP contribution in [-0.2, 0) is 4.79 Å². The number of carbonyl (C=O) groups is 2. The molecule has 108 valence electrons. The highest BCUT2D eigenvalue weighted by molar-refractivity contribution is 5.80. The van der Waals surface area contributed by atoms with Crippen molar-refractivity contribution in [2.24, 2.45) is 5.92 Å². The van der Waals surface area contributed by atoms with Gasteiger partial charge in [-0.15, -0.1) is 0 Å².